The fraction of sp³-hybridized carbons (Fsp3) is 0.632. The van der Waals surface area contributed by atoms with E-state index in [0.717, 1.165) is 23.5 Å². The molecule has 1 aromatic rings. The number of ether oxygens (including phenoxy) is 3. The Labute approximate surface area is 173 Å². The molecule has 0 bridgehead atoms. The van der Waals surface area contributed by atoms with Crippen LogP contribution in [0, 0.1) is 0 Å². The van der Waals surface area contributed by atoms with Crippen LogP contribution in [0.2, 0.25) is 0 Å². The summed E-state index contributed by atoms with van der Waals surface area (Å²) in [6, 6.07) is 0. The average molecular weight is 426 g/mol. The summed E-state index contributed by atoms with van der Waals surface area (Å²) in [5, 5.41) is 5.51. The molecule has 0 aliphatic carbocycles. The van der Waals surface area contributed by atoms with Gasteiger partial charge in [0.15, 0.2) is 0 Å². The number of amides is 2. The van der Waals surface area contributed by atoms with Crippen molar-refractivity contribution in [3.63, 3.8) is 0 Å². The molecule has 0 spiro atoms. The number of carbonyl (C=O) groups is 3. The summed E-state index contributed by atoms with van der Waals surface area (Å²) in [4.78, 5) is 39.9. The van der Waals surface area contributed by atoms with Gasteiger partial charge in [0.2, 0.25) is 0 Å². The lowest BCUT2D eigenvalue weighted by Gasteiger charge is -2.30. The SMILES string of the molecule is COC(=O)c1c(NC(=O)C(=O)NCCN2CCOCC2)sc2c1CC(C)(C)OC2. The highest BCUT2D eigenvalue weighted by molar-refractivity contribution is 7.17. The maximum atomic E-state index is 12.4. The monoisotopic (exact) mass is 425 g/mol. The minimum Gasteiger partial charge on any atom is -0.465 e. The number of methoxy groups -OCH3 is 1. The number of nitrogens with one attached hydrogen (secondary N) is 2. The molecule has 1 aromatic heterocycles. The second kappa shape index (κ2) is 9.21. The Morgan fingerprint density at radius 2 is 1.93 bits per heavy atom. The first-order valence-corrected chi connectivity index (χ1v) is 10.4. The maximum absolute atomic E-state index is 12.4. The average Bonchev–Trinajstić information content (AvgIpc) is 3.03. The molecule has 10 heteroatoms. The van der Waals surface area contributed by atoms with E-state index in [0.29, 0.717) is 49.9 Å². The third-order valence-electron chi connectivity index (χ3n) is 4.93. The molecule has 0 aromatic carbocycles. The van der Waals surface area contributed by atoms with Gasteiger partial charge in [-0.15, -0.1) is 11.3 Å². The van der Waals surface area contributed by atoms with E-state index in [9.17, 15) is 14.4 Å². The van der Waals surface area contributed by atoms with Crippen LogP contribution in [0.25, 0.3) is 0 Å². The van der Waals surface area contributed by atoms with Crippen LogP contribution >= 0.6 is 11.3 Å². The van der Waals surface area contributed by atoms with Gasteiger partial charge in [-0.05, 0) is 19.4 Å². The Hall–Kier alpha value is -2.01. The van der Waals surface area contributed by atoms with Crippen molar-refractivity contribution in [3.8, 4) is 0 Å². The Kier molecular flexibility index (Phi) is 6.89. The van der Waals surface area contributed by atoms with Gasteiger partial charge in [-0.3, -0.25) is 14.5 Å². The summed E-state index contributed by atoms with van der Waals surface area (Å²) in [7, 11) is 1.29. The van der Waals surface area contributed by atoms with E-state index in [1.54, 1.807) is 0 Å². The number of morpholine rings is 1. The molecule has 1 fully saturated rings. The number of nitrogens with zero attached hydrogens (tertiary/aromatic N) is 1. The van der Waals surface area contributed by atoms with Crippen molar-refractivity contribution in [2.24, 2.45) is 0 Å². The van der Waals surface area contributed by atoms with Crippen molar-refractivity contribution in [1.29, 1.82) is 0 Å². The minimum atomic E-state index is -0.809. The number of anilines is 1. The van der Waals surface area contributed by atoms with Gasteiger partial charge in [-0.1, -0.05) is 0 Å². The molecule has 0 radical (unpaired) electrons. The fourth-order valence-corrected chi connectivity index (χ4v) is 4.47. The number of hydrogen-bond donors (Lipinski definition) is 2. The van der Waals surface area contributed by atoms with Crippen molar-refractivity contribution in [3.05, 3.63) is 16.0 Å². The molecule has 3 heterocycles. The molecule has 2 amide bonds. The molecule has 0 saturated carbocycles. The number of esters is 1. The van der Waals surface area contributed by atoms with E-state index in [1.165, 1.54) is 18.4 Å². The Morgan fingerprint density at radius 1 is 1.21 bits per heavy atom. The van der Waals surface area contributed by atoms with Crippen LogP contribution in [0.3, 0.4) is 0 Å². The van der Waals surface area contributed by atoms with Gasteiger partial charge in [0, 0.05) is 37.5 Å². The molecule has 0 unspecified atom stereocenters. The molecule has 9 nitrogen and oxygen atoms in total. The molecule has 0 atom stereocenters. The van der Waals surface area contributed by atoms with E-state index < -0.39 is 23.4 Å². The predicted octanol–water partition coefficient (Wildman–Crippen LogP) is 0.773. The lowest BCUT2D eigenvalue weighted by atomic mass is 9.93. The standard InChI is InChI=1S/C19H27N3O6S/c1-19(2)10-12-13(11-28-19)29-17(14(12)18(25)26-3)21-16(24)15(23)20-4-5-22-6-8-27-9-7-22/h4-11H2,1-3H3,(H,20,23)(H,21,24). The first-order chi connectivity index (χ1) is 13.8. The van der Waals surface area contributed by atoms with E-state index in [1.807, 2.05) is 13.8 Å². The second-order valence-electron chi connectivity index (χ2n) is 7.59. The van der Waals surface area contributed by atoms with Gasteiger partial charge >= 0.3 is 17.8 Å². The Balaban J connectivity index is 1.64. The van der Waals surface area contributed by atoms with Crippen LogP contribution in [-0.4, -0.2) is 74.8 Å². The smallest absolute Gasteiger partial charge is 0.341 e. The number of carbonyl (C=O) groups excluding carboxylic acids is 3. The van der Waals surface area contributed by atoms with Gasteiger partial charge in [0.1, 0.15) is 5.00 Å². The normalized spacial score (nSPS) is 18.6. The van der Waals surface area contributed by atoms with Crippen LogP contribution in [0.4, 0.5) is 5.00 Å². The summed E-state index contributed by atoms with van der Waals surface area (Å²) < 4.78 is 16.0. The van der Waals surface area contributed by atoms with Crippen molar-refractivity contribution >= 4 is 34.1 Å². The summed E-state index contributed by atoms with van der Waals surface area (Å²) >= 11 is 1.24. The third kappa shape index (κ3) is 5.33. The minimum absolute atomic E-state index is 0.304. The first-order valence-electron chi connectivity index (χ1n) is 9.57. The van der Waals surface area contributed by atoms with Gasteiger partial charge in [-0.2, -0.15) is 0 Å². The lowest BCUT2D eigenvalue weighted by Crippen LogP contribution is -2.43. The van der Waals surface area contributed by atoms with Gasteiger partial charge < -0.3 is 24.8 Å². The van der Waals surface area contributed by atoms with Crippen molar-refractivity contribution in [2.45, 2.75) is 32.5 Å². The number of hydrogen-bond acceptors (Lipinski definition) is 8. The van der Waals surface area contributed by atoms with Crippen molar-refractivity contribution in [1.82, 2.24) is 10.2 Å². The first kappa shape index (κ1) is 21.7. The summed E-state index contributed by atoms with van der Waals surface area (Å²) in [6.07, 6.45) is 0.519. The maximum Gasteiger partial charge on any atom is 0.341 e. The molecule has 29 heavy (non-hydrogen) atoms. The zero-order valence-electron chi connectivity index (χ0n) is 17.0. The second-order valence-corrected chi connectivity index (χ2v) is 8.69. The highest BCUT2D eigenvalue weighted by Gasteiger charge is 2.34. The molecule has 1 saturated heterocycles. The molecular formula is C19H27N3O6S. The van der Waals surface area contributed by atoms with Crippen LogP contribution in [-0.2, 0) is 36.8 Å². The van der Waals surface area contributed by atoms with E-state index in [2.05, 4.69) is 15.5 Å². The van der Waals surface area contributed by atoms with Crippen molar-refractivity contribution in [2.75, 3.05) is 51.8 Å². The zero-order valence-corrected chi connectivity index (χ0v) is 17.8. The molecule has 160 valence electrons. The van der Waals surface area contributed by atoms with E-state index in [4.69, 9.17) is 14.2 Å². The highest BCUT2D eigenvalue weighted by Crippen LogP contribution is 2.40. The predicted molar refractivity (Wildman–Crippen MR) is 107 cm³/mol. The Bertz CT molecular complexity index is 785. The van der Waals surface area contributed by atoms with Gasteiger partial charge in [0.05, 0.1) is 38.1 Å². The van der Waals surface area contributed by atoms with Crippen LogP contribution in [0.5, 0.6) is 0 Å². The van der Waals surface area contributed by atoms with Crippen LogP contribution in [0.15, 0.2) is 0 Å². The van der Waals surface area contributed by atoms with Crippen LogP contribution in [0.1, 0.15) is 34.6 Å². The zero-order chi connectivity index (χ0) is 21.0. The van der Waals surface area contributed by atoms with Gasteiger partial charge in [-0.25, -0.2) is 4.79 Å². The molecule has 2 N–H and O–H groups in total. The topological polar surface area (TPSA) is 106 Å². The van der Waals surface area contributed by atoms with E-state index >= 15 is 0 Å². The quantitative estimate of drug-likeness (QED) is 0.530. The Morgan fingerprint density at radius 3 is 2.62 bits per heavy atom. The molecule has 3 rings (SSSR count). The van der Waals surface area contributed by atoms with Crippen LogP contribution < -0.4 is 10.6 Å². The highest BCUT2D eigenvalue weighted by atomic mass is 32.1. The lowest BCUT2D eigenvalue weighted by molar-refractivity contribution is -0.136. The number of rotatable bonds is 5. The third-order valence-corrected chi connectivity index (χ3v) is 6.05. The molecule has 2 aliphatic heterocycles. The summed E-state index contributed by atoms with van der Waals surface area (Å²) in [5.41, 5.74) is 0.689. The molecule has 2 aliphatic rings. The summed E-state index contributed by atoms with van der Waals surface area (Å²) in [6.45, 7) is 8.20. The largest absolute Gasteiger partial charge is 0.465 e. The molecular weight excluding hydrogens is 398 g/mol. The number of fused-ring (bicyclic) bond motifs is 1. The van der Waals surface area contributed by atoms with Crippen molar-refractivity contribution < 1.29 is 28.6 Å². The number of thiophene rings is 1. The van der Waals surface area contributed by atoms with E-state index in [-0.39, 0.29) is 0 Å². The van der Waals surface area contributed by atoms with Gasteiger partial charge in [0.25, 0.3) is 0 Å². The fourth-order valence-electron chi connectivity index (χ4n) is 3.35. The summed E-state index contributed by atoms with van der Waals surface area (Å²) in [5.74, 6) is -2.09.